The minimum Gasteiger partial charge on any atom is -0.428 e. The molecule has 1 aliphatic carbocycles. The van der Waals surface area contributed by atoms with Gasteiger partial charge in [0.15, 0.2) is 0 Å². The quantitative estimate of drug-likeness (QED) is 0.303. The number of esters is 1. The lowest BCUT2D eigenvalue weighted by atomic mass is 9.84. The molecule has 3 atom stereocenters. The first-order chi connectivity index (χ1) is 12.0. The molecule has 0 bridgehead atoms. The number of hydrogen-bond donors (Lipinski definition) is 3. The predicted molar refractivity (Wildman–Crippen MR) is 91.2 cm³/mol. The van der Waals surface area contributed by atoms with Crippen LogP contribution in [0.2, 0.25) is 0 Å². The number of carbonyl (C=O) groups is 2. The maximum atomic E-state index is 11.6. The van der Waals surface area contributed by atoms with E-state index in [9.17, 15) is 24.2 Å². The monoisotopic (exact) mass is 378 g/mol. The van der Waals surface area contributed by atoms with Crippen LogP contribution in [-0.2, 0) is 18.8 Å². The van der Waals surface area contributed by atoms with E-state index in [-0.39, 0.29) is 25.3 Å². The normalized spacial score (nSPS) is 18.1. The van der Waals surface area contributed by atoms with Crippen molar-refractivity contribution in [1.29, 1.82) is 0 Å². The highest BCUT2D eigenvalue weighted by atomic mass is 31.1. The smallest absolute Gasteiger partial charge is 0.428 e. The molecule has 0 aromatic heterocycles. The van der Waals surface area contributed by atoms with Gasteiger partial charge < -0.3 is 19.9 Å². The summed E-state index contributed by atoms with van der Waals surface area (Å²) in [6, 6.07) is 0. The SMILES string of the molecule is CCCC(=O)OCOC(=O)NCC[C@@H](O)[C@@H](C1CCCCC1)[P+](=O)O. The van der Waals surface area contributed by atoms with E-state index >= 15 is 0 Å². The number of nitrogens with one attached hydrogen (secondary N) is 1. The van der Waals surface area contributed by atoms with E-state index in [0.29, 0.717) is 6.42 Å². The summed E-state index contributed by atoms with van der Waals surface area (Å²) in [5.74, 6) is -0.393. The number of ether oxygens (including phenoxy) is 2. The number of alkyl carbamates (subject to hydrolysis) is 1. The molecular weight excluding hydrogens is 349 g/mol. The zero-order chi connectivity index (χ0) is 18.7. The summed E-state index contributed by atoms with van der Waals surface area (Å²) in [6.45, 7) is 1.48. The molecule has 1 unspecified atom stereocenters. The summed E-state index contributed by atoms with van der Waals surface area (Å²) in [6.07, 6.45) is 4.20. The Morgan fingerprint density at radius 3 is 2.52 bits per heavy atom. The van der Waals surface area contributed by atoms with Gasteiger partial charge in [0.05, 0.1) is 0 Å². The van der Waals surface area contributed by atoms with Crippen molar-refractivity contribution in [2.24, 2.45) is 5.92 Å². The van der Waals surface area contributed by atoms with Crippen LogP contribution in [0.3, 0.4) is 0 Å². The Kier molecular flexibility index (Phi) is 10.6. The molecule has 0 aliphatic heterocycles. The molecule has 1 rings (SSSR count). The molecule has 1 aliphatic rings. The van der Waals surface area contributed by atoms with Gasteiger partial charge in [-0.2, -0.15) is 4.89 Å². The Balaban J connectivity index is 2.26. The van der Waals surface area contributed by atoms with E-state index in [1.165, 1.54) is 0 Å². The van der Waals surface area contributed by atoms with Gasteiger partial charge in [-0.3, -0.25) is 4.79 Å². The first-order valence-corrected chi connectivity index (χ1v) is 10.1. The summed E-state index contributed by atoms with van der Waals surface area (Å²) >= 11 is 0. The van der Waals surface area contributed by atoms with Crippen LogP contribution in [0.1, 0.15) is 58.3 Å². The van der Waals surface area contributed by atoms with Gasteiger partial charge in [0.1, 0.15) is 6.10 Å². The molecule has 0 saturated heterocycles. The molecule has 8 nitrogen and oxygen atoms in total. The Labute approximate surface area is 149 Å². The third-order valence-electron chi connectivity index (χ3n) is 4.36. The summed E-state index contributed by atoms with van der Waals surface area (Å²) < 4.78 is 21.0. The van der Waals surface area contributed by atoms with E-state index in [2.05, 4.69) is 14.8 Å². The average molecular weight is 378 g/mol. The number of carbonyl (C=O) groups excluding carboxylic acids is 2. The molecular formula is C16H29NO7P+. The van der Waals surface area contributed by atoms with Crippen LogP contribution in [0.4, 0.5) is 4.79 Å². The molecule has 1 saturated carbocycles. The lowest BCUT2D eigenvalue weighted by molar-refractivity contribution is -0.151. The van der Waals surface area contributed by atoms with E-state index in [1.54, 1.807) is 0 Å². The van der Waals surface area contributed by atoms with Gasteiger partial charge in [0, 0.05) is 18.9 Å². The van der Waals surface area contributed by atoms with Crippen molar-refractivity contribution in [3.8, 4) is 0 Å². The van der Waals surface area contributed by atoms with Crippen LogP contribution in [0.5, 0.6) is 0 Å². The molecule has 0 spiro atoms. The van der Waals surface area contributed by atoms with Crippen molar-refractivity contribution in [3.05, 3.63) is 0 Å². The summed E-state index contributed by atoms with van der Waals surface area (Å²) in [5.41, 5.74) is -0.664. The fourth-order valence-electron chi connectivity index (χ4n) is 3.09. The van der Waals surface area contributed by atoms with Gasteiger partial charge in [0.2, 0.25) is 12.5 Å². The third kappa shape index (κ3) is 8.61. The van der Waals surface area contributed by atoms with Crippen LogP contribution in [-0.4, -0.2) is 47.2 Å². The fraction of sp³-hybridized carbons (Fsp3) is 0.875. The molecule has 0 aromatic rings. The Bertz CT molecular complexity index is 440. The number of aliphatic hydroxyl groups excluding tert-OH is 1. The minimum absolute atomic E-state index is 0.0438. The summed E-state index contributed by atoms with van der Waals surface area (Å²) in [5, 5.41) is 12.7. The Morgan fingerprint density at radius 2 is 1.92 bits per heavy atom. The second-order valence-corrected chi connectivity index (χ2v) is 7.49. The number of aliphatic hydroxyl groups is 1. The zero-order valence-corrected chi connectivity index (χ0v) is 15.6. The molecule has 0 radical (unpaired) electrons. The van der Waals surface area contributed by atoms with Crippen molar-refractivity contribution >= 4 is 20.1 Å². The second kappa shape index (κ2) is 12.2. The zero-order valence-electron chi connectivity index (χ0n) is 14.7. The Morgan fingerprint density at radius 1 is 1.24 bits per heavy atom. The second-order valence-electron chi connectivity index (χ2n) is 6.29. The average Bonchev–Trinajstić information content (AvgIpc) is 2.56. The van der Waals surface area contributed by atoms with Crippen LogP contribution in [0.25, 0.3) is 0 Å². The molecule has 25 heavy (non-hydrogen) atoms. The van der Waals surface area contributed by atoms with Gasteiger partial charge >= 0.3 is 20.1 Å². The van der Waals surface area contributed by atoms with Gasteiger partial charge in [-0.25, -0.2) is 4.79 Å². The molecule has 1 amide bonds. The topological polar surface area (TPSA) is 122 Å². The maximum absolute atomic E-state index is 11.6. The highest BCUT2D eigenvalue weighted by Gasteiger charge is 2.43. The van der Waals surface area contributed by atoms with Gasteiger partial charge in [-0.1, -0.05) is 26.2 Å². The number of rotatable bonds is 10. The van der Waals surface area contributed by atoms with Gasteiger partial charge in [-0.05, 0) is 30.2 Å². The van der Waals surface area contributed by atoms with Crippen molar-refractivity contribution in [3.63, 3.8) is 0 Å². The van der Waals surface area contributed by atoms with E-state index < -0.39 is 38.6 Å². The van der Waals surface area contributed by atoms with Crippen molar-refractivity contribution in [2.75, 3.05) is 13.3 Å². The van der Waals surface area contributed by atoms with Crippen molar-refractivity contribution in [1.82, 2.24) is 5.32 Å². The van der Waals surface area contributed by atoms with E-state index in [1.807, 2.05) is 6.92 Å². The fourth-order valence-corrected chi connectivity index (χ4v) is 4.19. The lowest BCUT2D eigenvalue weighted by Gasteiger charge is -2.25. The number of amides is 1. The highest BCUT2D eigenvalue weighted by Crippen LogP contribution is 2.40. The van der Waals surface area contributed by atoms with Crippen LogP contribution >= 0.6 is 8.03 Å². The molecule has 9 heteroatoms. The Hall–Kier alpha value is -1.24. The third-order valence-corrected chi connectivity index (χ3v) is 5.63. The molecule has 3 N–H and O–H groups in total. The predicted octanol–water partition coefficient (Wildman–Crippen LogP) is 2.45. The van der Waals surface area contributed by atoms with Gasteiger partial charge in [-0.15, -0.1) is 0 Å². The van der Waals surface area contributed by atoms with Crippen LogP contribution in [0, 0.1) is 5.92 Å². The van der Waals surface area contributed by atoms with Crippen molar-refractivity contribution < 1.29 is 33.6 Å². The largest absolute Gasteiger partial charge is 0.511 e. The first kappa shape index (κ1) is 21.8. The minimum atomic E-state index is -2.48. The van der Waals surface area contributed by atoms with E-state index in [0.717, 1.165) is 32.1 Å². The molecule has 0 aromatic carbocycles. The van der Waals surface area contributed by atoms with Crippen LogP contribution < -0.4 is 5.32 Å². The maximum Gasteiger partial charge on any atom is 0.511 e. The number of hydrogen-bond acceptors (Lipinski definition) is 6. The van der Waals surface area contributed by atoms with E-state index in [4.69, 9.17) is 0 Å². The van der Waals surface area contributed by atoms with Crippen LogP contribution in [0.15, 0.2) is 0 Å². The first-order valence-electron chi connectivity index (χ1n) is 8.85. The molecule has 144 valence electrons. The highest BCUT2D eigenvalue weighted by molar-refractivity contribution is 7.39. The van der Waals surface area contributed by atoms with Crippen molar-refractivity contribution in [2.45, 2.75) is 70.1 Å². The molecule has 1 fully saturated rings. The summed E-state index contributed by atoms with van der Waals surface area (Å²) in [4.78, 5) is 32.1. The lowest BCUT2D eigenvalue weighted by Crippen LogP contribution is -2.36. The summed E-state index contributed by atoms with van der Waals surface area (Å²) in [7, 11) is -2.48. The standard InChI is InChI=1S/C16H28NO7P/c1-2-6-14(19)23-11-24-16(20)17-10-9-13(18)15(25(21)22)12-7-4-3-5-8-12/h12-13,15,18H,2-11H2,1H3,(H-,17,20,21,22)/p+1/t13-,15-/m1/s1. The molecule has 0 heterocycles. The van der Waals surface area contributed by atoms with Gasteiger partial charge in [0.25, 0.3) is 0 Å².